The summed E-state index contributed by atoms with van der Waals surface area (Å²) < 4.78 is 0. The van der Waals surface area contributed by atoms with Gasteiger partial charge in [-0.05, 0) is 110 Å². The van der Waals surface area contributed by atoms with Crippen molar-refractivity contribution in [2.45, 2.75) is 82.6 Å². The highest BCUT2D eigenvalue weighted by Crippen LogP contribution is 2.39. The Balaban J connectivity index is 1.46. The number of Topliss-reactive ketones (excluding diaryl/α,β-unsaturated/α-hetero) is 1. The number of carbonyl (C=O) groups is 7. The Morgan fingerprint density at radius 3 is 2.09 bits per heavy atom. The third-order valence-electron chi connectivity index (χ3n) is 11.1. The highest BCUT2D eigenvalue weighted by atomic mass is 35.5. The van der Waals surface area contributed by atoms with Crippen molar-refractivity contribution in [2.75, 3.05) is 20.6 Å². The van der Waals surface area contributed by atoms with Crippen LogP contribution in [0, 0.1) is 0 Å². The minimum absolute atomic E-state index is 0.0799. The van der Waals surface area contributed by atoms with Crippen molar-refractivity contribution >= 4 is 52.8 Å². The van der Waals surface area contributed by atoms with Crippen LogP contribution in [-0.2, 0) is 35.2 Å². The number of hydrogen-bond acceptors (Lipinski definition) is 10. The predicted octanol–water partition coefficient (Wildman–Crippen LogP) is 3.66. The number of ketones is 1. The van der Waals surface area contributed by atoms with Crippen LogP contribution in [0.2, 0.25) is 5.02 Å². The lowest BCUT2D eigenvalue weighted by Gasteiger charge is -2.32. The van der Waals surface area contributed by atoms with Crippen LogP contribution in [0.25, 0.3) is 22.3 Å². The lowest BCUT2D eigenvalue weighted by molar-refractivity contribution is -0.141. The van der Waals surface area contributed by atoms with Gasteiger partial charge in [-0.3, -0.25) is 33.6 Å². The third kappa shape index (κ3) is 12.2. The molecule has 64 heavy (non-hydrogen) atoms. The number of halogens is 1. The lowest BCUT2D eigenvalue weighted by Crippen LogP contribution is -2.56. The van der Waals surface area contributed by atoms with Gasteiger partial charge in [-0.15, -0.1) is 0 Å². The second kappa shape index (κ2) is 22.0. The molecule has 4 bridgehead atoms. The summed E-state index contributed by atoms with van der Waals surface area (Å²) in [4.78, 5) is 95.9. The monoisotopic (exact) mass is 895 g/mol. The van der Waals surface area contributed by atoms with E-state index in [1.54, 1.807) is 36.4 Å². The summed E-state index contributed by atoms with van der Waals surface area (Å²) in [5, 5.41) is 36.0. The zero-order valence-corrected chi connectivity index (χ0v) is 36.8. The number of nitrogens with one attached hydrogen (secondary N) is 5. The van der Waals surface area contributed by atoms with Crippen LogP contribution in [0.5, 0.6) is 11.5 Å². The van der Waals surface area contributed by atoms with E-state index >= 15 is 0 Å². The second-order valence-electron chi connectivity index (χ2n) is 15.7. The number of fused-ring (bicyclic) bond motifs is 5. The van der Waals surface area contributed by atoms with E-state index < -0.39 is 65.5 Å². The van der Waals surface area contributed by atoms with Gasteiger partial charge in [-0.1, -0.05) is 48.0 Å². The molecule has 5 atom stereocenters. The number of rotatable bonds is 15. The molecule has 16 nitrogen and oxygen atoms in total. The highest BCUT2D eigenvalue weighted by Gasteiger charge is 2.36. The largest absolute Gasteiger partial charge is 0.507 e. The molecule has 1 aliphatic heterocycles. The summed E-state index contributed by atoms with van der Waals surface area (Å²) in [5.74, 6) is -4.78. The maximum atomic E-state index is 14.6. The minimum Gasteiger partial charge on any atom is -0.507 e. The average Bonchev–Trinajstić information content (AvgIpc) is 3.28. The molecular formula is C47H54ClN7O9. The van der Waals surface area contributed by atoms with Gasteiger partial charge in [0, 0.05) is 55.1 Å². The molecule has 5 rings (SSSR count). The molecule has 4 aromatic rings. The maximum Gasteiger partial charge on any atom is 0.251 e. The first-order valence-electron chi connectivity index (χ1n) is 20.9. The molecular weight excluding hydrogens is 842 g/mol. The van der Waals surface area contributed by atoms with Gasteiger partial charge < -0.3 is 47.4 Å². The van der Waals surface area contributed by atoms with E-state index in [9.17, 15) is 43.8 Å². The van der Waals surface area contributed by atoms with Crippen LogP contribution in [0.4, 0.5) is 0 Å². The average molecular weight is 896 g/mol. The van der Waals surface area contributed by atoms with Crippen molar-refractivity contribution < 1.29 is 43.8 Å². The molecule has 0 saturated carbocycles. The summed E-state index contributed by atoms with van der Waals surface area (Å²) >= 11 is 6.05. The smallest absolute Gasteiger partial charge is 0.251 e. The first-order valence-corrected chi connectivity index (χ1v) is 21.3. The fourth-order valence-electron chi connectivity index (χ4n) is 7.31. The summed E-state index contributed by atoms with van der Waals surface area (Å²) in [6.07, 6.45) is 0.833. The molecule has 0 fully saturated rings. The van der Waals surface area contributed by atoms with Gasteiger partial charge in [0.05, 0.1) is 6.04 Å². The number of amides is 6. The van der Waals surface area contributed by atoms with E-state index in [1.807, 2.05) is 12.1 Å². The van der Waals surface area contributed by atoms with Crippen molar-refractivity contribution in [3.8, 4) is 33.8 Å². The van der Waals surface area contributed by atoms with Crippen LogP contribution in [-0.4, -0.2) is 101 Å². The van der Waals surface area contributed by atoms with E-state index in [1.165, 1.54) is 64.3 Å². The fourth-order valence-corrected chi connectivity index (χ4v) is 7.44. The van der Waals surface area contributed by atoms with Crippen molar-refractivity contribution in [1.82, 2.24) is 31.5 Å². The number of benzene rings is 4. The van der Waals surface area contributed by atoms with Crippen LogP contribution < -0.4 is 32.3 Å². The van der Waals surface area contributed by atoms with Gasteiger partial charge in [-0.2, -0.15) is 0 Å². The molecule has 0 aliphatic carbocycles. The Labute approximate surface area is 376 Å². The Morgan fingerprint density at radius 1 is 0.828 bits per heavy atom. The Bertz CT molecular complexity index is 2380. The van der Waals surface area contributed by atoms with Gasteiger partial charge in [0.25, 0.3) is 5.91 Å². The zero-order valence-electron chi connectivity index (χ0n) is 36.1. The molecule has 0 aromatic heterocycles. The Kier molecular flexibility index (Phi) is 16.6. The number of carbonyl (C=O) groups excluding carboxylic acids is 7. The van der Waals surface area contributed by atoms with Gasteiger partial charge in [0.15, 0.2) is 5.78 Å². The van der Waals surface area contributed by atoms with Crippen molar-refractivity contribution in [3.63, 3.8) is 0 Å². The molecule has 0 radical (unpaired) electrons. The normalized spacial score (nSPS) is 17.1. The summed E-state index contributed by atoms with van der Waals surface area (Å²) in [6.45, 7) is 3.19. The van der Waals surface area contributed by atoms with Crippen LogP contribution in [0.3, 0.4) is 0 Å². The number of phenolic OH excluding ortho intramolecular Hbond substituents is 2. The quantitative estimate of drug-likeness (QED) is 0.0805. The van der Waals surface area contributed by atoms with Gasteiger partial charge in [-0.25, -0.2) is 0 Å². The van der Waals surface area contributed by atoms with E-state index in [0.29, 0.717) is 30.0 Å². The topological polar surface area (TPSA) is 249 Å². The van der Waals surface area contributed by atoms with E-state index in [4.69, 9.17) is 17.3 Å². The van der Waals surface area contributed by atoms with Crippen molar-refractivity contribution in [3.05, 3.63) is 107 Å². The Morgan fingerprint density at radius 2 is 1.45 bits per heavy atom. The molecule has 0 spiro atoms. The van der Waals surface area contributed by atoms with Gasteiger partial charge in [0.1, 0.15) is 35.7 Å². The molecule has 1 heterocycles. The van der Waals surface area contributed by atoms with Crippen LogP contribution in [0.1, 0.15) is 73.5 Å². The molecule has 17 heteroatoms. The molecule has 0 unspecified atom stereocenters. The van der Waals surface area contributed by atoms with Gasteiger partial charge in [0.2, 0.25) is 29.5 Å². The van der Waals surface area contributed by atoms with Crippen molar-refractivity contribution in [1.29, 1.82) is 0 Å². The van der Waals surface area contributed by atoms with Crippen LogP contribution in [0.15, 0.2) is 84.9 Å². The number of nitrogens with two attached hydrogens (primary N) is 1. The third-order valence-corrected chi connectivity index (χ3v) is 11.3. The van der Waals surface area contributed by atoms with E-state index in [0.717, 1.165) is 16.0 Å². The summed E-state index contributed by atoms with van der Waals surface area (Å²) in [7, 11) is 2.82. The maximum absolute atomic E-state index is 14.6. The highest BCUT2D eigenvalue weighted by molar-refractivity contribution is 6.30. The van der Waals surface area contributed by atoms with E-state index in [-0.39, 0.29) is 65.3 Å². The summed E-state index contributed by atoms with van der Waals surface area (Å²) in [6, 6.07) is 16.5. The molecule has 1 aliphatic rings. The SMILES string of the molecule is CNC(=O)CCC(=O)[C@H](C)NC(=O)[C@@H]1Cc2ccc(O)c(c2)-c2cc(ccc2O)[C@H](N(C)C(=O)[C@H](CCCCN)NC(=O)c2ccc(-c3ccc(Cl)cc3)cc2)C(=O)N[C@@H](C)C(=O)N1. The number of aromatic hydroxyl groups is 2. The second-order valence-corrected chi connectivity index (χ2v) is 16.2. The molecule has 9 N–H and O–H groups in total. The number of hydrogen-bond donors (Lipinski definition) is 8. The van der Waals surface area contributed by atoms with Crippen LogP contribution >= 0.6 is 11.6 Å². The number of unbranched alkanes of at least 4 members (excludes halogenated alkanes) is 1. The van der Waals surface area contributed by atoms with E-state index in [2.05, 4.69) is 26.6 Å². The summed E-state index contributed by atoms with van der Waals surface area (Å²) in [5.41, 5.74) is 8.66. The predicted molar refractivity (Wildman–Crippen MR) is 241 cm³/mol. The number of phenols is 2. The van der Waals surface area contributed by atoms with Crippen molar-refractivity contribution in [2.24, 2.45) is 5.73 Å². The van der Waals surface area contributed by atoms with Gasteiger partial charge >= 0.3 is 0 Å². The lowest BCUT2D eigenvalue weighted by atomic mass is 9.93. The fraction of sp³-hybridized carbons (Fsp3) is 0.340. The number of nitrogens with zero attached hydrogens (tertiary/aromatic N) is 1. The molecule has 4 aromatic carbocycles. The first-order chi connectivity index (χ1) is 30.5. The molecule has 0 saturated heterocycles. The number of likely N-dealkylation sites (N-methyl/N-ethyl adjacent to an activating group) is 1. The Hall–Kier alpha value is -6.78. The minimum atomic E-state index is -1.45. The molecule has 6 amide bonds. The first kappa shape index (κ1) is 48.3. The standard InChI is InChI=1S/C47H54ClN7O9/c1-26(38(56)20-21-41(59)50-3)51-45(62)37-24-28-8-18-39(57)34(23-28)35-25-32(15-19-40(35)58)42(46(63)52-27(2)43(60)54-37)55(4)47(64)36(7-5-6-22-49)53-44(61)31-11-9-29(10-12-31)30-13-16-33(48)17-14-30/h8-19,23,25-27,36-37,42,57-58H,5-7,20-22,24,49H2,1-4H3,(H,50,59)(H,51,62)(H,52,63)(H,53,61)(H,54,60)/t26-,27-,36-,37-,42-/m0/s1. The molecule has 338 valence electrons. The zero-order chi connectivity index (χ0) is 46.7.